The molecule has 2 heterocycles. The summed E-state index contributed by atoms with van der Waals surface area (Å²) >= 11 is 0. The number of hydrogen-bond donors (Lipinski definition) is 2. The minimum Gasteiger partial charge on any atom is -0.370 e. The fourth-order valence-electron chi connectivity index (χ4n) is 3.61. The Labute approximate surface area is 192 Å². The molecule has 3 atom stereocenters. The van der Waals surface area contributed by atoms with Crippen LogP contribution in [0, 0.1) is 0 Å². The van der Waals surface area contributed by atoms with E-state index in [1.807, 2.05) is 43.2 Å². The summed E-state index contributed by atoms with van der Waals surface area (Å²) in [7, 11) is 10.2. The lowest BCUT2D eigenvalue weighted by atomic mass is 10.1. The molecule has 2 aliphatic rings. The van der Waals surface area contributed by atoms with Crippen molar-refractivity contribution in [2.24, 2.45) is 5.73 Å². The fourth-order valence-corrected chi connectivity index (χ4v) is 10.2. The van der Waals surface area contributed by atoms with Gasteiger partial charge < -0.3 is 16.0 Å². The van der Waals surface area contributed by atoms with Crippen LogP contribution in [0.5, 0.6) is 0 Å². The zero-order valence-corrected chi connectivity index (χ0v) is 20.9. The molecule has 2 aliphatic heterocycles. The molecule has 1 unspecified atom stereocenters. The van der Waals surface area contributed by atoms with Crippen LogP contribution in [0.1, 0.15) is 64.2 Å². The lowest BCUT2D eigenvalue weighted by Crippen LogP contribution is -2.35. The molecule has 29 heavy (non-hydrogen) atoms. The lowest BCUT2D eigenvalue weighted by molar-refractivity contribution is -0.121. The summed E-state index contributed by atoms with van der Waals surface area (Å²) in [5.74, 6) is 1.31. The summed E-state index contributed by atoms with van der Waals surface area (Å²) in [6.45, 7) is 2.72. The van der Waals surface area contributed by atoms with Gasteiger partial charge in [0.05, 0.1) is 0 Å². The highest BCUT2D eigenvalue weighted by Gasteiger charge is 2.26. The first kappa shape index (κ1) is 25.6. The van der Waals surface area contributed by atoms with E-state index in [4.69, 9.17) is 5.73 Å². The Morgan fingerprint density at radius 2 is 1.72 bits per heavy atom. The molecule has 0 radical (unpaired) electrons. The molecule has 0 saturated carbocycles. The molecule has 0 aliphatic carbocycles. The number of rotatable bonds is 15. The highest BCUT2D eigenvalue weighted by Crippen LogP contribution is 2.45. The molecule has 0 bridgehead atoms. The molecule has 3 N–H and O–H groups in total. The molecule has 2 fully saturated rings. The van der Waals surface area contributed by atoms with Crippen molar-refractivity contribution < 1.29 is 9.59 Å². The van der Waals surface area contributed by atoms with Crippen LogP contribution in [0.3, 0.4) is 0 Å². The summed E-state index contributed by atoms with van der Waals surface area (Å²) < 4.78 is 0. The van der Waals surface area contributed by atoms with E-state index in [1.165, 1.54) is 37.9 Å². The second-order valence-corrected chi connectivity index (χ2v) is 13.7. The molecule has 0 aromatic heterocycles. The molecular formula is C20H37N3O2S4. The zero-order chi connectivity index (χ0) is 20.9. The van der Waals surface area contributed by atoms with Gasteiger partial charge in [0.15, 0.2) is 0 Å². The molecular weight excluding hydrogens is 443 g/mol. The highest BCUT2D eigenvalue weighted by atomic mass is 33.1. The van der Waals surface area contributed by atoms with Gasteiger partial charge in [0.2, 0.25) is 11.8 Å². The first-order valence-corrected chi connectivity index (χ1v) is 15.5. The maximum atomic E-state index is 12.0. The van der Waals surface area contributed by atoms with Crippen LogP contribution in [-0.4, -0.2) is 64.9 Å². The first-order valence-electron chi connectivity index (χ1n) is 10.9. The van der Waals surface area contributed by atoms with Gasteiger partial charge in [-0.1, -0.05) is 56.0 Å². The quantitative estimate of drug-likeness (QED) is 0.268. The molecule has 2 rings (SSSR count). The number of carbonyl (C=O) groups excluding carboxylic acids is 2. The van der Waals surface area contributed by atoms with Crippen molar-refractivity contribution in [3.8, 4) is 0 Å². The van der Waals surface area contributed by atoms with E-state index in [1.54, 1.807) is 0 Å². The summed E-state index contributed by atoms with van der Waals surface area (Å²) in [5, 5.41) is 5.26. The monoisotopic (exact) mass is 479 g/mol. The molecule has 0 aromatic rings. The minimum absolute atomic E-state index is 0.188. The van der Waals surface area contributed by atoms with Crippen LogP contribution in [0.4, 0.5) is 0 Å². The molecule has 0 aromatic carbocycles. The fraction of sp³-hybridized carbons (Fsp3) is 0.900. The van der Waals surface area contributed by atoms with Gasteiger partial charge in [-0.05, 0) is 45.6 Å². The number of nitrogens with zero attached hydrogens (tertiary/aromatic N) is 1. The van der Waals surface area contributed by atoms with E-state index in [0.29, 0.717) is 23.3 Å². The molecule has 0 spiro atoms. The van der Waals surface area contributed by atoms with Crippen LogP contribution in [0.15, 0.2) is 0 Å². The van der Waals surface area contributed by atoms with Gasteiger partial charge in [0.1, 0.15) is 0 Å². The van der Waals surface area contributed by atoms with Gasteiger partial charge in [-0.15, -0.1) is 0 Å². The number of likely N-dealkylation sites (N-methyl/N-ethyl adjacent to an activating group) is 1. The zero-order valence-electron chi connectivity index (χ0n) is 17.6. The smallest absolute Gasteiger partial charge is 0.220 e. The molecule has 5 nitrogen and oxygen atoms in total. The molecule has 168 valence electrons. The molecule has 2 saturated heterocycles. The Bertz CT molecular complexity index is 492. The van der Waals surface area contributed by atoms with Crippen molar-refractivity contribution in [3.05, 3.63) is 0 Å². The first-order chi connectivity index (χ1) is 14.0. The van der Waals surface area contributed by atoms with Crippen molar-refractivity contribution >= 4 is 55.0 Å². The number of hydrogen-bond acceptors (Lipinski definition) is 7. The summed E-state index contributed by atoms with van der Waals surface area (Å²) in [6.07, 6.45) is 10.4. The average Bonchev–Trinajstić information content (AvgIpc) is 3.34. The van der Waals surface area contributed by atoms with E-state index >= 15 is 0 Å². The Morgan fingerprint density at radius 1 is 1.00 bits per heavy atom. The highest BCUT2D eigenvalue weighted by molar-refractivity contribution is 8.77. The standard InChI is InChI=1S/C20H37N3O2S4/c1-23(15-18-14-17(28-29-18)7-2-4-8-19(21)24)12-11-22-20(25)9-5-3-6-16-10-13-26-27-16/h16-18H,2-15H2,1H3,(H2,21,24)(H,22,25)/t16-,17-,18?/m1/s1. The van der Waals surface area contributed by atoms with Crippen LogP contribution in [-0.2, 0) is 9.59 Å². The van der Waals surface area contributed by atoms with Gasteiger partial charge in [-0.2, -0.15) is 0 Å². The summed E-state index contributed by atoms with van der Waals surface area (Å²) in [4.78, 5) is 25.1. The van der Waals surface area contributed by atoms with E-state index < -0.39 is 0 Å². The van der Waals surface area contributed by atoms with Crippen LogP contribution in [0.2, 0.25) is 0 Å². The lowest BCUT2D eigenvalue weighted by Gasteiger charge is -2.20. The SMILES string of the molecule is CN(CCNC(=O)CCCC[C@@H]1CCSS1)CC1C[C@@H](CCCCC(N)=O)SS1. The number of primary amides is 1. The van der Waals surface area contributed by atoms with E-state index in [0.717, 1.165) is 44.1 Å². The van der Waals surface area contributed by atoms with Crippen molar-refractivity contribution in [3.63, 3.8) is 0 Å². The third-order valence-corrected chi connectivity index (χ3v) is 11.7. The maximum Gasteiger partial charge on any atom is 0.220 e. The minimum atomic E-state index is -0.188. The maximum absolute atomic E-state index is 12.0. The van der Waals surface area contributed by atoms with Gasteiger partial charge in [-0.3, -0.25) is 9.59 Å². The molecule has 9 heteroatoms. The predicted octanol–water partition coefficient (Wildman–Crippen LogP) is 4.32. The topological polar surface area (TPSA) is 75.4 Å². The van der Waals surface area contributed by atoms with Crippen molar-refractivity contribution in [1.82, 2.24) is 10.2 Å². The normalized spacial score (nSPS) is 24.3. The van der Waals surface area contributed by atoms with E-state index in [9.17, 15) is 9.59 Å². The van der Waals surface area contributed by atoms with Gasteiger partial charge >= 0.3 is 0 Å². The third kappa shape index (κ3) is 12.1. The number of nitrogens with one attached hydrogen (secondary N) is 1. The number of carbonyl (C=O) groups is 2. The Balaban J connectivity index is 1.43. The van der Waals surface area contributed by atoms with E-state index in [2.05, 4.69) is 17.3 Å². The third-order valence-electron chi connectivity index (χ3n) is 5.29. The van der Waals surface area contributed by atoms with Gasteiger partial charge in [-0.25, -0.2) is 0 Å². The van der Waals surface area contributed by atoms with Crippen molar-refractivity contribution in [2.45, 2.75) is 80.0 Å². The number of amides is 2. The Hall–Kier alpha value is 0.300. The van der Waals surface area contributed by atoms with Crippen LogP contribution < -0.4 is 11.1 Å². The van der Waals surface area contributed by atoms with Gasteiger partial charge in [0.25, 0.3) is 0 Å². The van der Waals surface area contributed by atoms with Crippen molar-refractivity contribution in [2.75, 3.05) is 32.4 Å². The largest absolute Gasteiger partial charge is 0.370 e. The van der Waals surface area contributed by atoms with Gasteiger partial charge in [0, 0.05) is 54.0 Å². The second kappa shape index (κ2) is 15.2. The summed E-state index contributed by atoms with van der Waals surface area (Å²) in [5.41, 5.74) is 5.19. The second-order valence-electron chi connectivity index (χ2n) is 8.07. The number of unbranched alkanes of at least 4 members (excludes halogenated alkanes) is 2. The van der Waals surface area contributed by atoms with Crippen molar-refractivity contribution in [1.29, 1.82) is 0 Å². The Morgan fingerprint density at radius 3 is 2.45 bits per heavy atom. The Kier molecular flexibility index (Phi) is 13.4. The predicted molar refractivity (Wildman–Crippen MR) is 132 cm³/mol. The molecule has 2 amide bonds. The average molecular weight is 480 g/mol. The number of nitrogens with two attached hydrogens (primary N) is 1. The summed E-state index contributed by atoms with van der Waals surface area (Å²) in [6, 6.07) is 0. The van der Waals surface area contributed by atoms with E-state index in [-0.39, 0.29) is 11.8 Å². The van der Waals surface area contributed by atoms with Crippen LogP contribution >= 0.6 is 43.2 Å². The van der Waals surface area contributed by atoms with Crippen LogP contribution in [0.25, 0.3) is 0 Å².